The summed E-state index contributed by atoms with van der Waals surface area (Å²) in [6, 6.07) is 2.99. The number of nitrogens with zero attached hydrogens (tertiary/aromatic N) is 4. The van der Waals surface area contributed by atoms with E-state index in [0.29, 0.717) is 35.9 Å². The van der Waals surface area contributed by atoms with Gasteiger partial charge in [0.2, 0.25) is 4.80 Å². The molecule has 5 rings (SSSR count). The Balaban J connectivity index is 1.65. The number of ether oxygens (including phenoxy) is 1. The number of halogens is 1. The number of benzene rings is 1. The molecule has 1 aliphatic carbocycles. The summed E-state index contributed by atoms with van der Waals surface area (Å²) >= 11 is 1.03. The van der Waals surface area contributed by atoms with Crippen molar-refractivity contribution in [3.8, 4) is 18.1 Å². The van der Waals surface area contributed by atoms with Gasteiger partial charge in [-0.15, -0.1) is 6.42 Å². The van der Waals surface area contributed by atoms with Crippen LogP contribution in [0, 0.1) is 18.2 Å². The zero-order chi connectivity index (χ0) is 19.5. The van der Waals surface area contributed by atoms with E-state index >= 15 is 0 Å². The van der Waals surface area contributed by atoms with Crippen LogP contribution in [0.4, 0.5) is 15.8 Å². The van der Waals surface area contributed by atoms with Gasteiger partial charge in [-0.2, -0.15) is 0 Å². The van der Waals surface area contributed by atoms with E-state index in [1.54, 1.807) is 10.7 Å². The van der Waals surface area contributed by atoms with E-state index in [2.05, 4.69) is 17.5 Å². The third kappa shape index (κ3) is 2.53. The zero-order valence-corrected chi connectivity index (χ0v) is 16.1. The molecule has 3 heterocycles. The van der Waals surface area contributed by atoms with Crippen molar-refractivity contribution in [2.24, 2.45) is 4.99 Å². The van der Waals surface area contributed by atoms with Crippen LogP contribution in [0.3, 0.4) is 0 Å². The van der Waals surface area contributed by atoms with Crippen molar-refractivity contribution in [1.82, 2.24) is 9.36 Å². The summed E-state index contributed by atoms with van der Waals surface area (Å²) in [4.78, 5) is 19.0. The van der Waals surface area contributed by atoms with Crippen LogP contribution in [-0.4, -0.2) is 21.5 Å². The van der Waals surface area contributed by atoms with Gasteiger partial charge in [0, 0.05) is 19.2 Å². The van der Waals surface area contributed by atoms with E-state index in [1.165, 1.54) is 6.07 Å². The Kier molecular flexibility index (Phi) is 3.78. The van der Waals surface area contributed by atoms with Gasteiger partial charge < -0.3 is 9.64 Å². The Morgan fingerprint density at radius 1 is 1.32 bits per heavy atom. The van der Waals surface area contributed by atoms with Crippen molar-refractivity contribution in [1.29, 1.82) is 0 Å². The number of terminal acetylenes is 1. The van der Waals surface area contributed by atoms with Gasteiger partial charge in [0.1, 0.15) is 17.0 Å². The fourth-order valence-corrected chi connectivity index (χ4v) is 4.76. The largest absolute Gasteiger partial charge is 0.479 e. The SMILES string of the molecule is C#CCN1C(=C)C2(CC2)Oc2cc(F)c(N=c3sc(=O)n4n3CCCC4)cc21. The van der Waals surface area contributed by atoms with E-state index in [4.69, 9.17) is 11.2 Å². The summed E-state index contributed by atoms with van der Waals surface area (Å²) in [7, 11) is 0. The molecule has 0 amide bonds. The van der Waals surface area contributed by atoms with Crippen molar-refractivity contribution in [3.05, 3.63) is 44.7 Å². The van der Waals surface area contributed by atoms with Gasteiger partial charge >= 0.3 is 4.87 Å². The number of hydrogen-bond acceptors (Lipinski definition) is 5. The lowest BCUT2D eigenvalue weighted by Crippen LogP contribution is -2.39. The highest BCUT2D eigenvalue weighted by molar-refractivity contribution is 7.06. The molecule has 0 atom stereocenters. The minimum absolute atomic E-state index is 0.0711. The van der Waals surface area contributed by atoms with E-state index < -0.39 is 11.4 Å². The third-order valence-corrected chi connectivity index (χ3v) is 6.41. The van der Waals surface area contributed by atoms with E-state index in [-0.39, 0.29) is 10.6 Å². The average Bonchev–Trinajstić information content (AvgIpc) is 3.39. The van der Waals surface area contributed by atoms with Crippen LogP contribution < -0.4 is 19.3 Å². The highest BCUT2D eigenvalue weighted by Gasteiger charge is 2.53. The molecule has 1 fully saturated rings. The van der Waals surface area contributed by atoms with Crippen LogP contribution in [0.15, 0.2) is 34.2 Å². The second-order valence-electron chi connectivity index (χ2n) is 7.32. The van der Waals surface area contributed by atoms with E-state index in [0.717, 1.165) is 42.7 Å². The van der Waals surface area contributed by atoms with Crippen molar-refractivity contribution in [2.75, 3.05) is 11.4 Å². The van der Waals surface area contributed by atoms with Crippen molar-refractivity contribution >= 4 is 22.7 Å². The summed E-state index contributed by atoms with van der Waals surface area (Å²) in [5, 5.41) is 0. The Hall–Kier alpha value is -2.79. The molecular formula is C20H19FN4O2S. The number of fused-ring (bicyclic) bond motifs is 2. The van der Waals surface area contributed by atoms with Crippen molar-refractivity contribution < 1.29 is 9.13 Å². The monoisotopic (exact) mass is 398 g/mol. The second-order valence-corrected chi connectivity index (χ2v) is 8.24. The third-order valence-electron chi connectivity index (χ3n) is 5.54. The first kappa shape index (κ1) is 17.3. The maximum atomic E-state index is 14.8. The van der Waals surface area contributed by atoms with Gasteiger partial charge in [-0.1, -0.05) is 12.5 Å². The number of aromatic nitrogens is 2. The predicted octanol–water partition coefficient (Wildman–Crippen LogP) is 2.75. The normalized spacial score (nSPS) is 19.8. The minimum Gasteiger partial charge on any atom is -0.479 e. The van der Waals surface area contributed by atoms with E-state index in [1.807, 2.05) is 9.58 Å². The van der Waals surface area contributed by atoms with Gasteiger partial charge in [0.05, 0.1) is 17.9 Å². The Morgan fingerprint density at radius 2 is 2.07 bits per heavy atom. The number of anilines is 1. The van der Waals surface area contributed by atoms with Gasteiger partial charge in [0.15, 0.2) is 5.82 Å². The minimum atomic E-state index is -0.487. The first-order valence-electron chi connectivity index (χ1n) is 9.31. The molecule has 0 saturated heterocycles. The molecule has 144 valence electrons. The molecule has 28 heavy (non-hydrogen) atoms. The highest BCUT2D eigenvalue weighted by atomic mass is 32.1. The van der Waals surface area contributed by atoms with Crippen LogP contribution >= 0.6 is 11.3 Å². The number of hydrogen-bond donors (Lipinski definition) is 0. The first-order chi connectivity index (χ1) is 13.5. The van der Waals surface area contributed by atoms with Crippen molar-refractivity contribution in [2.45, 2.75) is 44.4 Å². The maximum Gasteiger partial charge on any atom is 0.325 e. The van der Waals surface area contributed by atoms with Gasteiger partial charge in [-0.3, -0.25) is 9.48 Å². The fraction of sp³-hybridized carbons (Fsp3) is 0.400. The Labute approximate surface area is 165 Å². The quantitative estimate of drug-likeness (QED) is 0.731. The lowest BCUT2D eigenvalue weighted by Gasteiger charge is -2.37. The molecule has 0 unspecified atom stereocenters. The van der Waals surface area contributed by atoms with E-state index in [9.17, 15) is 9.18 Å². The molecular weight excluding hydrogens is 379 g/mol. The summed E-state index contributed by atoms with van der Waals surface area (Å²) in [5.41, 5.74) is 1.17. The van der Waals surface area contributed by atoms with Crippen LogP contribution in [0.5, 0.6) is 5.75 Å². The van der Waals surface area contributed by atoms with Gasteiger partial charge in [-0.25, -0.2) is 14.1 Å². The number of rotatable bonds is 2. The zero-order valence-electron chi connectivity index (χ0n) is 15.3. The summed E-state index contributed by atoms with van der Waals surface area (Å²) < 4.78 is 24.4. The Morgan fingerprint density at radius 3 is 2.79 bits per heavy atom. The molecule has 6 nitrogen and oxygen atoms in total. The predicted molar refractivity (Wildman–Crippen MR) is 105 cm³/mol. The lowest BCUT2D eigenvalue weighted by molar-refractivity contribution is 0.203. The smallest absolute Gasteiger partial charge is 0.325 e. The lowest BCUT2D eigenvalue weighted by atomic mass is 10.1. The summed E-state index contributed by atoms with van der Waals surface area (Å²) in [5.74, 6) is 2.61. The molecule has 1 aromatic carbocycles. The standard InChI is InChI=1S/C20H19FN4O2S/c1-3-8-23-13(2)20(6-7-20)27-17-11-14(21)15(12-16(17)23)22-18-24-9-4-5-10-25(24)19(26)28-18/h1,11-12H,2,4-10H2. The molecule has 2 aliphatic heterocycles. The molecule has 0 N–H and O–H groups in total. The van der Waals surface area contributed by atoms with Crippen LogP contribution in [-0.2, 0) is 13.1 Å². The molecule has 0 radical (unpaired) electrons. The van der Waals surface area contributed by atoms with Crippen molar-refractivity contribution in [3.63, 3.8) is 0 Å². The molecule has 2 aromatic rings. The topological polar surface area (TPSA) is 51.8 Å². The molecule has 3 aliphatic rings. The average molecular weight is 398 g/mol. The first-order valence-corrected chi connectivity index (χ1v) is 10.1. The van der Waals surface area contributed by atoms with Gasteiger partial charge in [0.25, 0.3) is 0 Å². The van der Waals surface area contributed by atoms with Crippen LogP contribution in [0.25, 0.3) is 0 Å². The Bertz CT molecular complexity index is 1160. The van der Waals surface area contributed by atoms with Crippen LogP contribution in [0.1, 0.15) is 25.7 Å². The second kappa shape index (κ2) is 6.11. The molecule has 1 saturated carbocycles. The molecule has 1 aromatic heterocycles. The van der Waals surface area contributed by atoms with Gasteiger partial charge in [-0.05, 0) is 43.1 Å². The highest BCUT2D eigenvalue weighted by Crippen LogP contribution is 2.54. The molecule has 8 heteroatoms. The maximum absolute atomic E-state index is 14.8. The summed E-state index contributed by atoms with van der Waals surface area (Å²) in [6.07, 6.45) is 9.18. The summed E-state index contributed by atoms with van der Waals surface area (Å²) in [6.45, 7) is 5.86. The van der Waals surface area contributed by atoms with Crippen LogP contribution in [0.2, 0.25) is 0 Å². The molecule has 1 spiro atoms. The fourth-order valence-electron chi connectivity index (χ4n) is 3.87. The molecule has 0 bridgehead atoms.